The van der Waals surface area contributed by atoms with Gasteiger partial charge in [0.05, 0.1) is 12.0 Å². The monoisotopic (exact) mass is 255 g/mol. The second kappa shape index (κ2) is 4.44. The van der Waals surface area contributed by atoms with E-state index in [0.29, 0.717) is 18.9 Å². The predicted molar refractivity (Wildman–Crippen MR) is 65.2 cm³/mol. The van der Waals surface area contributed by atoms with Crippen LogP contribution in [0.3, 0.4) is 0 Å². The van der Waals surface area contributed by atoms with Crippen LogP contribution in [-0.4, -0.2) is 40.3 Å². The number of carbonyl (C=O) groups excluding carboxylic acids is 1. The van der Waals surface area contributed by atoms with Gasteiger partial charge in [0.2, 0.25) is 0 Å². The van der Waals surface area contributed by atoms with E-state index in [0.717, 1.165) is 12.8 Å². The molecule has 1 aliphatic heterocycles. The zero-order valence-corrected chi connectivity index (χ0v) is 11.2. The van der Waals surface area contributed by atoms with Crippen molar-refractivity contribution in [3.05, 3.63) is 0 Å². The molecule has 0 bridgehead atoms. The van der Waals surface area contributed by atoms with Gasteiger partial charge in [-0.3, -0.25) is 4.79 Å². The molecule has 2 rings (SSSR count). The topological polar surface area (TPSA) is 66.8 Å². The number of aliphatic carboxylic acids is 1. The third-order valence-corrected chi connectivity index (χ3v) is 3.50. The first-order chi connectivity index (χ1) is 8.29. The Bertz CT molecular complexity index is 356. The maximum Gasteiger partial charge on any atom is 0.410 e. The molecular formula is C13H21NO4. The van der Waals surface area contributed by atoms with Gasteiger partial charge < -0.3 is 14.7 Å². The fourth-order valence-electron chi connectivity index (χ4n) is 2.64. The summed E-state index contributed by atoms with van der Waals surface area (Å²) in [5, 5.41) is 9.21. The highest BCUT2D eigenvalue weighted by molar-refractivity contribution is 5.75. The summed E-state index contributed by atoms with van der Waals surface area (Å²) in [5.74, 6) is -0.871. The van der Waals surface area contributed by atoms with E-state index >= 15 is 0 Å². The van der Waals surface area contributed by atoms with Crippen molar-refractivity contribution >= 4 is 12.1 Å². The van der Waals surface area contributed by atoms with Gasteiger partial charge in [0, 0.05) is 6.54 Å². The SMILES string of the molecule is CC(C)(C)OC(=O)N1CC[C@@H](C(=O)O)[C@@H]1C1CC1. The van der Waals surface area contributed by atoms with Gasteiger partial charge in [0.1, 0.15) is 5.60 Å². The maximum atomic E-state index is 12.1. The van der Waals surface area contributed by atoms with Crippen molar-refractivity contribution in [2.24, 2.45) is 11.8 Å². The first kappa shape index (κ1) is 13.2. The van der Waals surface area contributed by atoms with Crippen molar-refractivity contribution in [3.8, 4) is 0 Å². The molecule has 2 atom stereocenters. The Morgan fingerprint density at radius 3 is 2.28 bits per heavy atom. The van der Waals surface area contributed by atoms with Crippen molar-refractivity contribution < 1.29 is 19.4 Å². The number of ether oxygens (including phenoxy) is 1. The third kappa shape index (κ3) is 2.76. The van der Waals surface area contributed by atoms with Crippen LogP contribution in [0.15, 0.2) is 0 Å². The number of rotatable bonds is 2. The van der Waals surface area contributed by atoms with Crippen LogP contribution in [0.4, 0.5) is 4.79 Å². The van der Waals surface area contributed by atoms with Crippen LogP contribution in [-0.2, 0) is 9.53 Å². The number of nitrogens with zero attached hydrogens (tertiary/aromatic N) is 1. The average Bonchev–Trinajstić information content (AvgIpc) is 2.93. The number of amides is 1. The average molecular weight is 255 g/mol. The lowest BCUT2D eigenvalue weighted by Gasteiger charge is -2.29. The molecule has 0 radical (unpaired) electrons. The van der Waals surface area contributed by atoms with Gasteiger partial charge >= 0.3 is 12.1 Å². The summed E-state index contributed by atoms with van der Waals surface area (Å²) in [7, 11) is 0. The van der Waals surface area contributed by atoms with Gasteiger partial charge in [-0.2, -0.15) is 0 Å². The molecule has 1 heterocycles. The molecule has 0 spiro atoms. The van der Waals surface area contributed by atoms with E-state index in [9.17, 15) is 14.7 Å². The lowest BCUT2D eigenvalue weighted by Crippen LogP contribution is -2.43. The molecule has 1 saturated carbocycles. The van der Waals surface area contributed by atoms with Gasteiger partial charge in [0.15, 0.2) is 0 Å². The van der Waals surface area contributed by atoms with E-state index in [1.54, 1.807) is 4.90 Å². The molecule has 1 saturated heterocycles. The molecule has 5 heteroatoms. The van der Waals surface area contributed by atoms with Crippen LogP contribution in [0, 0.1) is 11.8 Å². The molecule has 0 aromatic heterocycles. The number of carboxylic acid groups (broad SMARTS) is 1. The minimum Gasteiger partial charge on any atom is -0.481 e. The molecule has 2 aliphatic rings. The van der Waals surface area contributed by atoms with Crippen LogP contribution < -0.4 is 0 Å². The molecule has 1 aliphatic carbocycles. The van der Waals surface area contributed by atoms with Crippen LogP contribution in [0.25, 0.3) is 0 Å². The van der Waals surface area contributed by atoms with Crippen LogP contribution in [0.2, 0.25) is 0 Å². The molecule has 0 aromatic rings. The lowest BCUT2D eigenvalue weighted by molar-refractivity contribution is -0.142. The minimum atomic E-state index is -0.794. The second-order valence-corrected chi connectivity index (χ2v) is 6.24. The molecular weight excluding hydrogens is 234 g/mol. The largest absolute Gasteiger partial charge is 0.481 e. The Hall–Kier alpha value is -1.26. The molecule has 2 fully saturated rings. The zero-order chi connectivity index (χ0) is 13.5. The Labute approximate surface area is 107 Å². The summed E-state index contributed by atoms with van der Waals surface area (Å²) in [5.41, 5.74) is -0.535. The number of hydrogen-bond acceptors (Lipinski definition) is 3. The van der Waals surface area contributed by atoms with Crippen molar-refractivity contribution in [1.82, 2.24) is 4.90 Å². The van der Waals surface area contributed by atoms with Crippen LogP contribution in [0.5, 0.6) is 0 Å². The molecule has 102 valence electrons. The Kier molecular flexibility index (Phi) is 3.25. The van der Waals surface area contributed by atoms with Crippen LogP contribution >= 0.6 is 0 Å². The van der Waals surface area contributed by atoms with Gasteiger partial charge in [0.25, 0.3) is 0 Å². The summed E-state index contributed by atoms with van der Waals surface area (Å²) in [6.45, 7) is 5.96. The molecule has 0 aromatic carbocycles. The number of hydrogen-bond donors (Lipinski definition) is 1. The Balaban J connectivity index is 2.08. The van der Waals surface area contributed by atoms with Crippen molar-refractivity contribution in [3.63, 3.8) is 0 Å². The molecule has 1 N–H and O–H groups in total. The van der Waals surface area contributed by atoms with E-state index in [1.165, 1.54) is 0 Å². The molecule has 1 amide bonds. The fourth-order valence-corrected chi connectivity index (χ4v) is 2.64. The zero-order valence-electron chi connectivity index (χ0n) is 11.2. The molecule has 18 heavy (non-hydrogen) atoms. The van der Waals surface area contributed by atoms with Gasteiger partial charge in [-0.1, -0.05) is 0 Å². The van der Waals surface area contributed by atoms with E-state index in [4.69, 9.17) is 4.74 Å². The Morgan fingerprint density at radius 1 is 1.22 bits per heavy atom. The third-order valence-electron chi connectivity index (χ3n) is 3.50. The van der Waals surface area contributed by atoms with Gasteiger partial charge in [-0.05, 0) is 46.0 Å². The Morgan fingerprint density at radius 2 is 1.83 bits per heavy atom. The summed E-state index contributed by atoms with van der Waals surface area (Å²) in [6.07, 6.45) is 2.21. The lowest BCUT2D eigenvalue weighted by atomic mass is 9.97. The molecule has 0 unspecified atom stereocenters. The smallest absolute Gasteiger partial charge is 0.410 e. The highest BCUT2D eigenvalue weighted by atomic mass is 16.6. The molecule has 5 nitrogen and oxygen atoms in total. The van der Waals surface area contributed by atoms with Crippen molar-refractivity contribution in [1.29, 1.82) is 0 Å². The summed E-state index contributed by atoms with van der Waals surface area (Å²) in [6, 6.07) is -0.169. The predicted octanol–water partition coefficient (Wildman–Crippen LogP) is 2.11. The quantitative estimate of drug-likeness (QED) is 0.820. The standard InChI is InChI=1S/C13H21NO4/c1-13(2,3)18-12(17)14-7-6-9(11(15)16)10(14)8-4-5-8/h8-10H,4-7H2,1-3H3,(H,15,16)/t9-,10+/m1/s1. The van der Waals surface area contributed by atoms with Crippen molar-refractivity contribution in [2.75, 3.05) is 6.54 Å². The number of carboxylic acids is 1. The summed E-state index contributed by atoms with van der Waals surface area (Å²) < 4.78 is 5.35. The normalized spacial score (nSPS) is 28.3. The number of carbonyl (C=O) groups is 2. The highest BCUT2D eigenvalue weighted by Gasteiger charge is 2.49. The van der Waals surface area contributed by atoms with E-state index in [-0.39, 0.29) is 12.1 Å². The van der Waals surface area contributed by atoms with Crippen LogP contribution in [0.1, 0.15) is 40.0 Å². The minimum absolute atomic E-state index is 0.169. The van der Waals surface area contributed by atoms with Gasteiger partial charge in [-0.15, -0.1) is 0 Å². The highest BCUT2D eigenvalue weighted by Crippen LogP contribution is 2.43. The van der Waals surface area contributed by atoms with E-state index in [2.05, 4.69) is 0 Å². The first-order valence-corrected chi connectivity index (χ1v) is 6.52. The first-order valence-electron chi connectivity index (χ1n) is 6.52. The summed E-state index contributed by atoms with van der Waals surface area (Å²) >= 11 is 0. The van der Waals surface area contributed by atoms with E-state index < -0.39 is 17.5 Å². The second-order valence-electron chi connectivity index (χ2n) is 6.24. The summed E-state index contributed by atoms with van der Waals surface area (Å²) in [4.78, 5) is 24.9. The number of likely N-dealkylation sites (tertiary alicyclic amines) is 1. The van der Waals surface area contributed by atoms with E-state index in [1.807, 2.05) is 20.8 Å². The maximum absolute atomic E-state index is 12.1. The van der Waals surface area contributed by atoms with Gasteiger partial charge in [-0.25, -0.2) is 4.79 Å². The fraction of sp³-hybridized carbons (Fsp3) is 0.846. The van der Waals surface area contributed by atoms with Crippen molar-refractivity contribution in [2.45, 2.75) is 51.7 Å².